The quantitative estimate of drug-likeness (QED) is 0.583. The van der Waals surface area contributed by atoms with Crippen LogP contribution in [-0.2, 0) is 0 Å². The molecule has 0 radical (unpaired) electrons. The van der Waals surface area contributed by atoms with E-state index >= 15 is 0 Å². The normalized spacial score (nSPS) is 22.6. The molecule has 0 spiro atoms. The maximum absolute atomic E-state index is 13.9. The van der Waals surface area contributed by atoms with E-state index in [9.17, 15) is 18.4 Å². The number of benzene rings is 1. The molecular formula is C12H9F2NO2. The van der Waals surface area contributed by atoms with Gasteiger partial charge in [0.25, 0.3) is 11.8 Å². The van der Waals surface area contributed by atoms with Crippen LogP contribution >= 0.6 is 0 Å². The number of halogens is 2. The lowest BCUT2D eigenvalue weighted by atomic mass is 10.1. The molecule has 1 unspecified atom stereocenters. The number of alkyl halides is 2. The van der Waals surface area contributed by atoms with Crippen LogP contribution in [0.25, 0.3) is 0 Å². The van der Waals surface area contributed by atoms with Crippen LogP contribution in [0.4, 0.5) is 8.78 Å². The first-order valence-corrected chi connectivity index (χ1v) is 5.34. The second-order valence-electron chi connectivity index (χ2n) is 4.40. The monoisotopic (exact) mass is 237 g/mol. The summed E-state index contributed by atoms with van der Waals surface area (Å²) in [6.45, 7) is 0. The van der Waals surface area contributed by atoms with Gasteiger partial charge in [-0.25, -0.2) is 13.7 Å². The van der Waals surface area contributed by atoms with Crippen molar-refractivity contribution in [1.29, 1.82) is 0 Å². The van der Waals surface area contributed by atoms with Gasteiger partial charge >= 0.3 is 0 Å². The van der Waals surface area contributed by atoms with Crippen molar-refractivity contribution in [2.45, 2.75) is 24.8 Å². The Kier molecular flexibility index (Phi) is 1.91. The molecule has 88 valence electrons. The average molecular weight is 237 g/mol. The Bertz CT molecular complexity index is 490. The third-order valence-corrected chi connectivity index (χ3v) is 3.21. The van der Waals surface area contributed by atoms with Crippen molar-refractivity contribution in [2.24, 2.45) is 0 Å². The Morgan fingerprint density at radius 2 is 1.59 bits per heavy atom. The topological polar surface area (TPSA) is 37.4 Å². The third-order valence-electron chi connectivity index (χ3n) is 3.21. The van der Waals surface area contributed by atoms with Crippen LogP contribution < -0.4 is 0 Å². The van der Waals surface area contributed by atoms with Gasteiger partial charge in [-0.15, -0.1) is 0 Å². The van der Waals surface area contributed by atoms with E-state index in [1.165, 1.54) is 12.1 Å². The van der Waals surface area contributed by atoms with Gasteiger partial charge in [0.2, 0.25) is 6.30 Å². The molecule has 0 aromatic heterocycles. The fourth-order valence-corrected chi connectivity index (χ4v) is 2.00. The molecule has 1 aromatic rings. The zero-order valence-electron chi connectivity index (χ0n) is 8.82. The Morgan fingerprint density at radius 1 is 1.12 bits per heavy atom. The van der Waals surface area contributed by atoms with Gasteiger partial charge in [-0.1, -0.05) is 12.1 Å². The number of imide groups is 1. The fourth-order valence-electron chi connectivity index (χ4n) is 2.00. The lowest BCUT2D eigenvalue weighted by Gasteiger charge is -2.21. The molecule has 1 fully saturated rings. The van der Waals surface area contributed by atoms with Crippen LogP contribution in [0.1, 0.15) is 33.6 Å². The Hall–Kier alpha value is -1.78. The molecule has 0 saturated heterocycles. The number of rotatable bonds is 2. The summed E-state index contributed by atoms with van der Waals surface area (Å²) < 4.78 is 27.4. The molecule has 0 bridgehead atoms. The number of fused-ring (bicyclic) bond motifs is 1. The molecule has 3 nitrogen and oxygen atoms in total. The smallest absolute Gasteiger partial charge is 0.264 e. The highest BCUT2D eigenvalue weighted by Crippen LogP contribution is 2.47. The van der Waals surface area contributed by atoms with Gasteiger partial charge in [0, 0.05) is 0 Å². The van der Waals surface area contributed by atoms with Crippen LogP contribution in [-0.4, -0.2) is 28.7 Å². The number of hydrogen-bond donors (Lipinski definition) is 0. The molecule has 1 aromatic carbocycles. The molecule has 1 saturated carbocycles. The summed E-state index contributed by atoms with van der Waals surface area (Å²) in [6, 6.07) is 6.06. The maximum atomic E-state index is 13.9. The van der Waals surface area contributed by atoms with Crippen molar-refractivity contribution in [1.82, 2.24) is 4.90 Å². The Balaban J connectivity index is 2.00. The molecular weight excluding hydrogens is 228 g/mol. The second kappa shape index (κ2) is 3.12. The summed E-state index contributed by atoms with van der Waals surface area (Å²) in [4.78, 5) is 24.0. The zero-order valence-corrected chi connectivity index (χ0v) is 8.82. The molecule has 5 heteroatoms. The van der Waals surface area contributed by atoms with Gasteiger partial charge < -0.3 is 0 Å². The molecule has 2 aliphatic rings. The summed E-state index contributed by atoms with van der Waals surface area (Å²) in [5.74, 6) is -1.50. The van der Waals surface area contributed by atoms with Gasteiger partial charge in [-0.2, -0.15) is 0 Å². The molecule has 1 aliphatic heterocycles. The standard InChI is InChI=1S/C12H9F2NO2/c13-11(12(14)5-6-12)15-9(16)7-3-1-2-4-8(7)10(15)17/h1-4,11H,5-6H2. The number of carbonyl (C=O) groups excluding carboxylic acids is 2. The van der Waals surface area contributed by atoms with E-state index in [1.54, 1.807) is 12.1 Å². The van der Waals surface area contributed by atoms with Crippen molar-refractivity contribution in [3.05, 3.63) is 35.4 Å². The second-order valence-corrected chi connectivity index (χ2v) is 4.40. The Morgan fingerprint density at radius 3 is 2.00 bits per heavy atom. The molecule has 1 heterocycles. The third kappa shape index (κ3) is 1.31. The molecule has 0 N–H and O–H groups in total. The minimum atomic E-state index is -2.17. The van der Waals surface area contributed by atoms with E-state index in [0.717, 1.165) is 0 Å². The highest BCUT2D eigenvalue weighted by Gasteiger charge is 2.58. The summed E-state index contributed by atoms with van der Waals surface area (Å²) in [6.07, 6.45) is -2.06. The number of hydrogen-bond acceptors (Lipinski definition) is 2. The van der Waals surface area contributed by atoms with E-state index in [4.69, 9.17) is 0 Å². The van der Waals surface area contributed by atoms with Crippen LogP contribution in [0.3, 0.4) is 0 Å². The van der Waals surface area contributed by atoms with Gasteiger partial charge in [0.1, 0.15) is 0 Å². The maximum Gasteiger partial charge on any atom is 0.264 e. The van der Waals surface area contributed by atoms with Gasteiger partial charge in [0.15, 0.2) is 5.67 Å². The van der Waals surface area contributed by atoms with Gasteiger partial charge in [-0.05, 0) is 25.0 Å². The van der Waals surface area contributed by atoms with Gasteiger partial charge in [-0.3, -0.25) is 9.59 Å². The largest absolute Gasteiger partial charge is 0.268 e. The molecule has 3 rings (SSSR count). The molecule has 17 heavy (non-hydrogen) atoms. The first-order chi connectivity index (χ1) is 8.04. The molecule has 2 amide bonds. The first kappa shape index (κ1) is 10.4. The van der Waals surface area contributed by atoms with Crippen LogP contribution in [0.2, 0.25) is 0 Å². The van der Waals surface area contributed by atoms with E-state index in [-0.39, 0.29) is 24.0 Å². The van der Waals surface area contributed by atoms with Crippen LogP contribution in [0.5, 0.6) is 0 Å². The minimum Gasteiger partial charge on any atom is -0.268 e. The van der Waals surface area contributed by atoms with Crippen LogP contribution in [0.15, 0.2) is 24.3 Å². The Labute approximate surface area is 96.0 Å². The molecule has 1 atom stereocenters. The predicted molar refractivity (Wildman–Crippen MR) is 54.9 cm³/mol. The van der Waals surface area contributed by atoms with E-state index < -0.39 is 23.8 Å². The summed E-state index contributed by atoms with van der Waals surface area (Å²) in [7, 11) is 0. The average Bonchev–Trinajstić information content (AvgIpc) is 3.03. The number of carbonyl (C=O) groups is 2. The summed E-state index contributed by atoms with van der Waals surface area (Å²) in [5, 5.41) is 0. The van der Waals surface area contributed by atoms with Crippen LogP contribution in [0, 0.1) is 0 Å². The van der Waals surface area contributed by atoms with Crippen molar-refractivity contribution in [3.8, 4) is 0 Å². The van der Waals surface area contributed by atoms with Gasteiger partial charge in [0.05, 0.1) is 11.1 Å². The highest BCUT2D eigenvalue weighted by molar-refractivity contribution is 6.21. The summed E-state index contributed by atoms with van der Waals surface area (Å²) >= 11 is 0. The van der Waals surface area contributed by atoms with E-state index in [2.05, 4.69) is 0 Å². The fraction of sp³-hybridized carbons (Fsp3) is 0.333. The van der Waals surface area contributed by atoms with Crippen molar-refractivity contribution in [3.63, 3.8) is 0 Å². The van der Waals surface area contributed by atoms with Crippen molar-refractivity contribution >= 4 is 11.8 Å². The number of nitrogens with zero attached hydrogens (tertiary/aromatic N) is 1. The first-order valence-electron chi connectivity index (χ1n) is 5.34. The summed E-state index contributed by atoms with van der Waals surface area (Å²) in [5.41, 5.74) is -1.75. The minimum absolute atomic E-state index is 0.0571. The number of amides is 2. The lowest BCUT2D eigenvalue weighted by Crippen LogP contribution is -2.43. The van der Waals surface area contributed by atoms with E-state index in [0.29, 0.717) is 4.90 Å². The van der Waals surface area contributed by atoms with E-state index in [1.807, 2.05) is 0 Å². The molecule has 1 aliphatic carbocycles. The SMILES string of the molecule is O=C1c2ccccc2C(=O)N1C(F)C1(F)CC1. The predicted octanol–water partition coefficient (Wildman–Crippen LogP) is 2.08. The lowest BCUT2D eigenvalue weighted by molar-refractivity contribution is 0.0105. The highest BCUT2D eigenvalue weighted by atomic mass is 19.2. The van der Waals surface area contributed by atoms with Crippen molar-refractivity contribution in [2.75, 3.05) is 0 Å². The zero-order chi connectivity index (χ0) is 12.2. The van der Waals surface area contributed by atoms with Crippen molar-refractivity contribution < 1.29 is 18.4 Å².